The third-order valence-corrected chi connectivity index (χ3v) is 3.65. The van der Waals surface area contributed by atoms with Crippen molar-refractivity contribution in [1.29, 1.82) is 0 Å². The average Bonchev–Trinajstić information content (AvgIpc) is 2.36. The largest absolute Gasteiger partial charge is 0.372 e. The molecule has 2 heterocycles. The predicted molar refractivity (Wildman–Crippen MR) is 84.2 cm³/mol. The maximum atomic E-state index is 5.93. The van der Waals surface area contributed by atoms with E-state index in [1.165, 1.54) is 5.56 Å². The third-order valence-electron chi connectivity index (χ3n) is 3.65. The van der Waals surface area contributed by atoms with Gasteiger partial charge in [-0.15, -0.1) is 0 Å². The first kappa shape index (κ1) is 15.3. The minimum atomic E-state index is 0.279. The molecule has 0 bridgehead atoms. The van der Waals surface area contributed by atoms with E-state index in [4.69, 9.17) is 4.74 Å². The first-order valence-corrected chi connectivity index (χ1v) is 7.72. The van der Waals surface area contributed by atoms with Gasteiger partial charge in [0.25, 0.3) is 0 Å². The summed E-state index contributed by atoms with van der Waals surface area (Å²) in [6.07, 6.45) is 4.69. The highest BCUT2D eigenvalue weighted by atomic mass is 16.5. The van der Waals surface area contributed by atoms with E-state index in [0.29, 0.717) is 11.5 Å². The van der Waals surface area contributed by atoms with E-state index in [1.807, 2.05) is 6.20 Å². The van der Waals surface area contributed by atoms with E-state index in [9.17, 15) is 0 Å². The Labute approximate surface area is 123 Å². The number of pyridine rings is 1. The maximum absolute atomic E-state index is 5.93. The maximum Gasteiger partial charge on any atom is 0.128 e. The minimum absolute atomic E-state index is 0.279. The smallest absolute Gasteiger partial charge is 0.128 e. The van der Waals surface area contributed by atoms with Gasteiger partial charge in [0, 0.05) is 19.3 Å². The van der Waals surface area contributed by atoms with Crippen molar-refractivity contribution in [2.24, 2.45) is 5.41 Å². The Kier molecular flexibility index (Phi) is 4.69. The number of hydrogen-bond acceptors (Lipinski definition) is 3. The monoisotopic (exact) mass is 276 g/mol. The lowest BCUT2D eigenvalue weighted by Crippen LogP contribution is -2.46. The van der Waals surface area contributed by atoms with Gasteiger partial charge in [-0.1, -0.05) is 27.7 Å². The van der Waals surface area contributed by atoms with Gasteiger partial charge in [0.1, 0.15) is 5.82 Å². The van der Waals surface area contributed by atoms with Crippen LogP contribution in [0.5, 0.6) is 0 Å². The molecule has 112 valence electrons. The van der Waals surface area contributed by atoms with Gasteiger partial charge in [-0.2, -0.15) is 0 Å². The van der Waals surface area contributed by atoms with Crippen LogP contribution in [0, 0.1) is 5.41 Å². The van der Waals surface area contributed by atoms with Crippen molar-refractivity contribution in [1.82, 2.24) is 4.98 Å². The molecule has 1 aromatic heterocycles. The average molecular weight is 276 g/mol. The second kappa shape index (κ2) is 6.13. The van der Waals surface area contributed by atoms with Crippen molar-refractivity contribution in [3.8, 4) is 0 Å². The van der Waals surface area contributed by atoms with E-state index < -0.39 is 0 Å². The summed E-state index contributed by atoms with van der Waals surface area (Å²) < 4.78 is 5.93. The van der Waals surface area contributed by atoms with Gasteiger partial charge in [-0.3, -0.25) is 0 Å². The standard InChI is InChI=1S/C17H28N2O/c1-6-15-12-19(11-13(2)20-15)16-9-14(7-8-18-16)10-17(3,4)5/h7-9,13,15H,6,10-12H2,1-5H3/t13-,15+/m1/s1. The van der Waals surface area contributed by atoms with Gasteiger partial charge >= 0.3 is 0 Å². The summed E-state index contributed by atoms with van der Waals surface area (Å²) in [7, 11) is 0. The van der Waals surface area contributed by atoms with E-state index in [-0.39, 0.29) is 6.10 Å². The predicted octanol–water partition coefficient (Wildman–Crippen LogP) is 3.67. The molecule has 1 aliphatic heterocycles. The number of nitrogens with zero attached hydrogens (tertiary/aromatic N) is 2. The van der Waals surface area contributed by atoms with Gasteiger partial charge in [0.15, 0.2) is 0 Å². The Bertz CT molecular complexity index is 439. The van der Waals surface area contributed by atoms with E-state index in [0.717, 1.165) is 31.7 Å². The van der Waals surface area contributed by atoms with Crippen molar-refractivity contribution >= 4 is 5.82 Å². The molecule has 3 heteroatoms. The minimum Gasteiger partial charge on any atom is -0.372 e. The molecule has 0 spiro atoms. The highest BCUT2D eigenvalue weighted by molar-refractivity contribution is 5.42. The molecule has 3 nitrogen and oxygen atoms in total. The van der Waals surface area contributed by atoms with Crippen LogP contribution in [-0.2, 0) is 11.2 Å². The lowest BCUT2D eigenvalue weighted by molar-refractivity contribution is -0.0174. The zero-order valence-electron chi connectivity index (χ0n) is 13.5. The molecule has 1 aromatic rings. The fraction of sp³-hybridized carbons (Fsp3) is 0.706. The van der Waals surface area contributed by atoms with Crippen molar-refractivity contribution in [3.05, 3.63) is 23.9 Å². The quantitative estimate of drug-likeness (QED) is 0.842. The summed E-state index contributed by atoms with van der Waals surface area (Å²) in [5.41, 5.74) is 1.68. The number of morpholine rings is 1. The number of rotatable bonds is 3. The molecule has 0 aromatic carbocycles. The Morgan fingerprint density at radius 2 is 2.10 bits per heavy atom. The van der Waals surface area contributed by atoms with Crippen LogP contribution >= 0.6 is 0 Å². The van der Waals surface area contributed by atoms with Crippen molar-refractivity contribution in [2.75, 3.05) is 18.0 Å². The van der Waals surface area contributed by atoms with Gasteiger partial charge < -0.3 is 9.64 Å². The van der Waals surface area contributed by atoms with Gasteiger partial charge in [-0.05, 0) is 42.9 Å². The fourth-order valence-electron chi connectivity index (χ4n) is 2.81. The number of ether oxygens (including phenoxy) is 1. The molecule has 20 heavy (non-hydrogen) atoms. The SMILES string of the molecule is CC[C@H]1CN(c2cc(CC(C)(C)C)ccn2)C[C@@H](C)O1. The second-order valence-electron chi connectivity index (χ2n) is 7.14. The molecule has 0 saturated carbocycles. The van der Waals surface area contributed by atoms with Crippen LogP contribution in [-0.4, -0.2) is 30.3 Å². The number of hydrogen-bond donors (Lipinski definition) is 0. The first-order valence-electron chi connectivity index (χ1n) is 7.72. The lowest BCUT2D eigenvalue weighted by atomic mass is 9.88. The summed E-state index contributed by atoms with van der Waals surface area (Å²) in [6.45, 7) is 13.0. The molecule has 0 aliphatic carbocycles. The highest BCUT2D eigenvalue weighted by Crippen LogP contribution is 2.24. The zero-order valence-corrected chi connectivity index (χ0v) is 13.5. The van der Waals surface area contributed by atoms with Crippen LogP contribution < -0.4 is 4.90 Å². The number of aromatic nitrogens is 1. The molecule has 1 saturated heterocycles. The van der Waals surface area contributed by atoms with E-state index in [1.54, 1.807) is 0 Å². The highest BCUT2D eigenvalue weighted by Gasteiger charge is 2.25. The van der Waals surface area contributed by atoms with E-state index >= 15 is 0 Å². The van der Waals surface area contributed by atoms with E-state index in [2.05, 4.69) is 56.6 Å². The van der Waals surface area contributed by atoms with Crippen LogP contribution in [0.3, 0.4) is 0 Å². The molecule has 1 aliphatic rings. The Balaban J connectivity index is 2.13. The van der Waals surface area contributed by atoms with Gasteiger partial charge in [0.05, 0.1) is 12.2 Å². The summed E-state index contributed by atoms with van der Waals surface area (Å²) in [5.74, 6) is 1.10. The Morgan fingerprint density at radius 1 is 1.35 bits per heavy atom. The molecular weight excluding hydrogens is 248 g/mol. The molecule has 2 rings (SSSR count). The topological polar surface area (TPSA) is 25.4 Å². The summed E-state index contributed by atoms with van der Waals surface area (Å²) in [6, 6.07) is 4.38. The van der Waals surface area contributed by atoms with Crippen molar-refractivity contribution in [2.45, 2.75) is 59.7 Å². The molecule has 0 N–H and O–H groups in total. The third kappa shape index (κ3) is 4.20. The molecule has 0 amide bonds. The fourth-order valence-corrected chi connectivity index (χ4v) is 2.81. The van der Waals surface area contributed by atoms with Crippen LogP contribution in [0.4, 0.5) is 5.82 Å². The molecule has 2 atom stereocenters. The second-order valence-corrected chi connectivity index (χ2v) is 7.14. The summed E-state index contributed by atoms with van der Waals surface area (Å²) in [4.78, 5) is 6.94. The molecular formula is C17H28N2O. The normalized spacial score (nSPS) is 23.9. The summed E-state index contributed by atoms with van der Waals surface area (Å²) in [5, 5.41) is 0. The van der Waals surface area contributed by atoms with Crippen LogP contribution in [0.1, 0.15) is 46.6 Å². The Hall–Kier alpha value is -1.09. The van der Waals surface area contributed by atoms with Crippen LogP contribution in [0.15, 0.2) is 18.3 Å². The molecule has 0 radical (unpaired) electrons. The van der Waals surface area contributed by atoms with Crippen molar-refractivity contribution < 1.29 is 4.74 Å². The van der Waals surface area contributed by atoms with Gasteiger partial charge in [-0.25, -0.2) is 4.98 Å². The Morgan fingerprint density at radius 3 is 2.75 bits per heavy atom. The first-order chi connectivity index (χ1) is 9.37. The number of anilines is 1. The van der Waals surface area contributed by atoms with Crippen LogP contribution in [0.2, 0.25) is 0 Å². The zero-order chi connectivity index (χ0) is 14.8. The molecule has 1 fully saturated rings. The lowest BCUT2D eigenvalue weighted by Gasteiger charge is -2.37. The van der Waals surface area contributed by atoms with Crippen molar-refractivity contribution in [3.63, 3.8) is 0 Å². The molecule has 0 unspecified atom stereocenters. The van der Waals surface area contributed by atoms with Gasteiger partial charge in [0.2, 0.25) is 0 Å². The summed E-state index contributed by atoms with van der Waals surface area (Å²) >= 11 is 0. The van der Waals surface area contributed by atoms with Crippen LogP contribution in [0.25, 0.3) is 0 Å².